The van der Waals surface area contributed by atoms with Gasteiger partial charge in [-0.05, 0) is 54.8 Å². The topological polar surface area (TPSA) is 65.1 Å². The quantitative estimate of drug-likeness (QED) is 0.407. The van der Waals surface area contributed by atoms with Crippen LogP contribution in [0.1, 0.15) is 28.8 Å². The number of ketones is 1. The number of amides is 1. The molecule has 0 aromatic heterocycles. The van der Waals surface area contributed by atoms with Crippen LogP contribution in [0.15, 0.2) is 36.4 Å². The Balaban J connectivity index is 1.62. The lowest BCUT2D eigenvalue weighted by Crippen LogP contribution is -2.39. The second kappa shape index (κ2) is 10.7. The molecule has 1 saturated heterocycles. The molecular formula is C24H25Cl2NO5. The average Bonchev–Trinajstić information content (AvgIpc) is 2.83. The highest BCUT2D eigenvalue weighted by Crippen LogP contribution is 2.38. The molecule has 1 heterocycles. The number of hydrogen-bond donors (Lipinski definition) is 0. The number of halogens is 2. The van der Waals surface area contributed by atoms with Crippen molar-refractivity contribution in [3.05, 3.63) is 57.6 Å². The SMILES string of the molecule is COc1cc(C=CC(=O)N2CCC(C(=O)c3ccc(Cl)c(Cl)c3)CC2)cc(OC)c1OC. The summed E-state index contributed by atoms with van der Waals surface area (Å²) in [7, 11) is 4.62. The molecule has 0 spiro atoms. The highest BCUT2D eigenvalue weighted by molar-refractivity contribution is 6.42. The lowest BCUT2D eigenvalue weighted by molar-refractivity contribution is -0.127. The maximum absolute atomic E-state index is 12.8. The fourth-order valence-corrected chi connectivity index (χ4v) is 4.02. The molecule has 170 valence electrons. The Morgan fingerprint density at radius 3 is 2.09 bits per heavy atom. The second-order valence-corrected chi connectivity index (χ2v) is 8.20. The van der Waals surface area contributed by atoms with Crippen LogP contribution in [0.5, 0.6) is 17.2 Å². The first kappa shape index (κ1) is 24.0. The lowest BCUT2D eigenvalue weighted by atomic mass is 9.89. The van der Waals surface area contributed by atoms with Gasteiger partial charge in [0.15, 0.2) is 17.3 Å². The number of methoxy groups -OCH3 is 3. The van der Waals surface area contributed by atoms with E-state index in [2.05, 4.69) is 0 Å². The number of piperidine rings is 1. The Labute approximate surface area is 197 Å². The first-order valence-electron chi connectivity index (χ1n) is 10.1. The van der Waals surface area contributed by atoms with Crippen molar-refractivity contribution >= 4 is 41.0 Å². The van der Waals surface area contributed by atoms with Crippen LogP contribution in [0.4, 0.5) is 0 Å². The van der Waals surface area contributed by atoms with E-state index in [9.17, 15) is 9.59 Å². The smallest absolute Gasteiger partial charge is 0.246 e. The number of carbonyl (C=O) groups is 2. The number of carbonyl (C=O) groups excluding carboxylic acids is 2. The summed E-state index contributed by atoms with van der Waals surface area (Å²) in [6.07, 6.45) is 4.42. The van der Waals surface area contributed by atoms with Crippen LogP contribution in [0, 0.1) is 5.92 Å². The summed E-state index contributed by atoms with van der Waals surface area (Å²) >= 11 is 12.0. The van der Waals surface area contributed by atoms with E-state index in [0.717, 1.165) is 5.56 Å². The molecule has 0 unspecified atom stereocenters. The summed E-state index contributed by atoms with van der Waals surface area (Å²) in [4.78, 5) is 27.2. The first-order chi connectivity index (χ1) is 15.4. The molecule has 0 aliphatic carbocycles. The van der Waals surface area contributed by atoms with E-state index in [1.54, 1.807) is 55.5 Å². The minimum Gasteiger partial charge on any atom is -0.493 e. The molecule has 0 N–H and O–H groups in total. The van der Waals surface area contributed by atoms with E-state index in [0.29, 0.717) is 58.8 Å². The number of ether oxygens (including phenoxy) is 3. The van der Waals surface area contributed by atoms with Crippen LogP contribution in [0.25, 0.3) is 6.08 Å². The molecule has 1 aliphatic rings. The fraction of sp³-hybridized carbons (Fsp3) is 0.333. The molecule has 0 radical (unpaired) electrons. The molecule has 0 atom stereocenters. The molecule has 1 amide bonds. The van der Waals surface area contributed by atoms with Crippen LogP contribution < -0.4 is 14.2 Å². The third-order valence-corrected chi connectivity index (χ3v) is 6.23. The van der Waals surface area contributed by atoms with Crippen molar-refractivity contribution in [1.29, 1.82) is 0 Å². The van der Waals surface area contributed by atoms with Crippen LogP contribution in [0.3, 0.4) is 0 Å². The van der Waals surface area contributed by atoms with Gasteiger partial charge in [0.1, 0.15) is 0 Å². The highest BCUT2D eigenvalue weighted by atomic mass is 35.5. The summed E-state index contributed by atoms with van der Waals surface area (Å²) < 4.78 is 16.0. The lowest BCUT2D eigenvalue weighted by Gasteiger charge is -2.30. The Kier molecular flexibility index (Phi) is 8.04. The Bertz CT molecular complexity index is 1000. The molecule has 32 heavy (non-hydrogen) atoms. The van der Waals surface area contributed by atoms with Gasteiger partial charge in [-0.25, -0.2) is 0 Å². The summed E-state index contributed by atoms with van der Waals surface area (Å²) in [6.45, 7) is 1.02. The second-order valence-electron chi connectivity index (χ2n) is 7.38. The number of Topliss-reactive ketones (excluding diaryl/α,β-unsaturated/α-hetero) is 1. The number of benzene rings is 2. The summed E-state index contributed by atoms with van der Waals surface area (Å²) in [5.74, 6) is 1.30. The van der Waals surface area contributed by atoms with Gasteiger partial charge in [0.2, 0.25) is 11.7 Å². The zero-order valence-electron chi connectivity index (χ0n) is 18.2. The Hall–Kier alpha value is -2.70. The minimum absolute atomic E-state index is 0.0311. The molecule has 3 rings (SSSR count). The van der Waals surface area contributed by atoms with E-state index in [1.807, 2.05) is 0 Å². The fourth-order valence-electron chi connectivity index (χ4n) is 3.72. The van der Waals surface area contributed by atoms with Gasteiger partial charge in [0.25, 0.3) is 0 Å². The predicted molar refractivity (Wildman–Crippen MR) is 125 cm³/mol. The Morgan fingerprint density at radius 1 is 0.938 bits per heavy atom. The average molecular weight is 478 g/mol. The number of rotatable bonds is 7. The van der Waals surface area contributed by atoms with Crippen LogP contribution in [-0.2, 0) is 4.79 Å². The number of nitrogens with zero attached hydrogens (tertiary/aromatic N) is 1. The molecule has 6 nitrogen and oxygen atoms in total. The van der Waals surface area contributed by atoms with E-state index in [-0.39, 0.29) is 17.6 Å². The van der Waals surface area contributed by atoms with Gasteiger partial charge in [-0.2, -0.15) is 0 Å². The normalized spacial score (nSPS) is 14.5. The zero-order chi connectivity index (χ0) is 23.3. The minimum atomic E-state index is -0.143. The molecule has 1 aliphatic heterocycles. The third kappa shape index (κ3) is 5.37. The van der Waals surface area contributed by atoms with E-state index in [1.165, 1.54) is 13.2 Å². The van der Waals surface area contributed by atoms with Gasteiger partial charge in [-0.15, -0.1) is 0 Å². The summed E-state index contributed by atoms with van der Waals surface area (Å²) in [5.41, 5.74) is 1.30. The van der Waals surface area contributed by atoms with Crippen molar-refractivity contribution in [3.8, 4) is 17.2 Å². The predicted octanol–water partition coefficient (Wildman–Crippen LogP) is 5.15. The van der Waals surface area contributed by atoms with Gasteiger partial charge in [0, 0.05) is 30.6 Å². The largest absolute Gasteiger partial charge is 0.493 e. The van der Waals surface area contributed by atoms with Crippen molar-refractivity contribution < 1.29 is 23.8 Å². The first-order valence-corrected chi connectivity index (χ1v) is 10.9. The van der Waals surface area contributed by atoms with Crippen LogP contribution >= 0.6 is 23.2 Å². The number of hydrogen-bond acceptors (Lipinski definition) is 5. The third-order valence-electron chi connectivity index (χ3n) is 5.49. The maximum atomic E-state index is 12.8. The molecule has 2 aromatic rings. The molecule has 8 heteroatoms. The molecule has 0 bridgehead atoms. The highest BCUT2D eigenvalue weighted by Gasteiger charge is 2.27. The van der Waals surface area contributed by atoms with Gasteiger partial charge >= 0.3 is 0 Å². The molecule has 0 saturated carbocycles. The summed E-state index contributed by atoms with van der Waals surface area (Å²) in [5, 5.41) is 0.782. The molecule has 2 aromatic carbocycles. The molecule has 1 fully saturated rings. The number of likely N-dealkylation sites (tertiary alicyclic amines) is 1. The van der Waals surface area contributed by atoms with Crippen molar-refractivity contribution in [2.75, 3.05) is 34.4 Å². The van der Waals surface area contributed by atoms with Gasteiger partial charge in [-0.1, -0.05) is 23.2 Å². The van der Waals surface area contributed by atoms with Gasteiger partial charge < -0.3 is 19.1 Å². The molecular weight excluding hydrogens is 453 g/mol. The van der Waals surface area contributed by atoms with Crippen LogP contribution in [0.2, 0.25) is 10.0 Å². The van der Waals surface area contributed by atoms with Crippen molar-refractivity contribution in [1.82, 2.24) is 4.90 Å². The Morgan fingerprint density at radius 2 is 1.56 bits per heavy atom. The van der Waals surface area contributed by atoms with E-state index in [4.69, 9.17) is 37.4 Å². The monoisotopic (exact) mass is 477 g/mol. The van der Waals surface area contributed by atoms with Gasteiger partial charge in [-0.3, -0.25) is 9.59 Å². The van der Waals surface area contributed by atoms with E-state index < -0.39 is 0 Å². The van der Waals surface area contributed by atoms with Crippen molar-refractivity contribution in [3.63, 3.8) is 0 Å². The van der Waals surface area contributed by atoms with Crippen LogP contribution in [-0.4, -0.2) is 51.0 Å². The van der Waals surface area contributed by atoms with Gasteiger partial charge in [0.05, 0.1) is 31.4 Å². The van der Waals surface area contributed by atoms with Crippen molar-refractivity contribution in [2.45, 2.75) is 12.8 Å². The zero-order valence-corrected chi connectivity index (χ0v) is 19.7. The summed E-state index contributed by atoms with van der Waals surface area (Å²) in [6, 6.07) is 8.46. The maximum Gasteiger partial charge on any atom is 0.246 e. The van der Waals surface area contributed by atoms with Crippen molar-refractivity contribution in [2.24, 2.45) is 5.92 Å². The van der Waals surface area contributed by atoms with E-state index >= 15 is 0 Å². The standard InChI is InChI=1S/C24H25Cl2NO5/c1-30-20-12-15(13-21(31-2)24(20)32-3)4-7-22(28)27-10-8-16(9-11-27)23(29)17-5-6-18(25)19(26)14-17/h4-7,12-14,16H,8-11H2,1-3H3.